The number of nitrogens with zero attached hydrogens (tertiary/aromatic N) is 8. The van der Waals surface area contributed by atoms with Crippen LogP contribution < -0.4 is 4.90 Å². The van der Waals surface area contributed by atoms with Crippen LogP contribution in [0.1, 0.15) is 38.3 Å². The van der Waals surface area contributed by atoms with Gasteiger partial charge in [0, 0.05) is 20.1 Å². The van der Waals surface area contributed by atoms with Crippen LogP contribution in [0.5, 0.6) is 0 Å². The molecule has 0 saturated carbocycles. The number of anilines is 1. The lowest BCUT2D eigenvalue weighted by atomic mass is 9.87. The molecule has 3 aromatic heterocycles. The summed E-state index contributed by atoms with van der Waals surface area (Å²) >= 11 is 0. The SMILES string of the molecule is Cc1nc2ccccc2n1-c1nc(N2CCOCC2)c2nc(CN3CCC(C(C)C)CC3)n(C)c2n1. The molecule has 0 radical (unpaired) electrons. The molecule has 0 bridgehead atoms. The van der Waals surface area contributed by atoms with Gasteiger partial charge in [-0.3, -0.25) is 9.47 Å². The van der Waals surface area contributed by atoms with E-state index in [9.17, 15) is 0 Å². The number of ether oxygens (including phenoxy) is 1. The van der Waals surface area contributed by atoms with E-state index in [1.54, 1.807) is 0 Å². The van der Waals surface area contributed by atoms with Gasteiger partial charge in [0.2, 0.25) is 5.95 Å². The van der Waals surface area contributed by atoms with Crippen molar-refractivity contribution in [2.24, 2.45) is 18.9 Å². The first-order valence-electron chi connectivity index (χ1n) is 13.2. The van der Waals surface area contributed by atoms with E-state index >= 15 is 0 Å². The van der Waals surface area contributed by atoms with E-state index in [2.05, 4.69) is 45.9 Å². The van der Waals surface area contributed by atoms with Crippen LogP contribution in [0.2, 0.25) is 0 Å². The van der Waals surface area contributed by atoms with Crippen molar-refractivity contribution < 1.29 is 4.74 Å². The lowest BCUT2D eigenvalue weighted by Crippen LogP contribution is -2.37. The van der Waals surface area contributed by atoms with Gasteiger partial charge in [0.05, 0.1) is 30.8 Å². The van der Waals surface area contributed by atoms with Crippen LogP contribution >= 0.6 is 0 Å². The third kappa shape index (κ3) is 4.14. The van der Waals surface area contributed by atoms with Gasteiger partial charge in [0.25, 0.3) is 0 Å². The van der Waals surface area contributed by atoms with E-state index in [0.29, 0.717) is 19.2 Å². The third-order valence-electron chi connectivity index (χ3n) is 7.96. The third-order valence-corrected chi connectivity index (χ3v) is 7.96. The fourth-order valence-corrected chi connectivity index (χ4v) is 5.69. The minimum atomic E-state index is 0.641. The highest BCUT2D eigenvalue weighted by atomic mass is 16.5. The molecule has 0 atom stereocenters. The number of piperidine rings is 1. The van der Waals surface area contributed by atoms with E-state index < -0.39 is 0 Å². The molecule has 9 heteroatoms. The van der Waals surface area contributed by atoms with Gasteiger partial charge in [-0.1, -0.05) is 26.0 Å². The summed E-state index contributed by atoms with van der Waals surface area (Å²) in [7, 11) is 2.09. The standard InChI is InChI=1S/C27H36N8O/c1-18(2)20-9-11-33(12-10-20)17-23-29-24-25(32(23)4)30-27(31-26(24)34-13-15-36-16-14-34)35-19(3)28-21-7-5-6-8-22(21)35/h5-8,18,20H,9-17H2,1-4H3. The van der Waals surface area contributed by atoms with Gasteiger partial charge in [-0.2, -0.15) is 9.97 Å². The van der Waals surface area contributed by atoms with Gasteiger partial charge in [-0.15, -0.1) is 0 Å². The van der Waals surface area contributed by atoms with Gasteiger partial charge in [0.1, 0.15) is 11.6 Å². The molecule has 0 aliphatic carbocycles. The maximum atomic E-state index is 5.63. The Morgan fingerprint density at radius 1 is 0.972 bits per heavy atom. The zero-order valence-electron chi connectivity index (χ0n) is 21.8. The minimum absolute atomic E-state index is 0.641. The average molecular weight is 489 g/mol. The van der Waals surface area contributed by atoms with Crippen LogP contribution in [-0.2, 0) is 18.3 Å². The lowest BCUT2D eigenvalue weighted by molar-refractivity contribution is 0.122. The molecule has 0 spiro atoms. The Morgan fingerprint density at radius 3 is 2.47 bits per heavy atom. The van der Waals surface area contributed by atoms with Crippen molar-refractivity contribution in [3.05, 3.63) is 35.9 Å². The van der Waals surface area contributed by atoms with E-state index in [4.69, 9.17) is 24.7 Å². The molecule has 2 fully saturated rings. The number of aromatic nitrogens is 6. The Morgan fingerprint density at radius 2 is 1.72 bits per heavy atom. The van der Waals surface area contributed by atoms with Gasteiger partial charge in [-0.25, -0.2) is 9.97 Å². The van der Waals surface area contributed by atoms with Gasteiger partial charge in [-0.05, 0) is 56.8 Å². The second-order valence-corrected chi connectivity index (χ2v) is 10.5. The Labute approximate surface area is 212 Å². The summed E-state index contributed by atoms with van der Waals surface area (Å²) < 4.78 is 9.85. The average Bonchev–Trinajstić information content (AvgIpc) is 3.40. The molecule has 4 aromatic rings. The van der Waals surface area contributed by atoms with Crippen LogP contribution in [0, 0.1) is 18.8 Å². The molecule has 36 heavy (non-hydrogen) atoms. The number of benzene rings is 1. The summed E-state index contributed by atoms with van der Waals surface area (Å²) in [6, 6.07) is 8.16. The fraction of sp³-hybridized carbons (Fsp3) is 0.556. The summed E-state index contributed by atoms with van der Waals surface area (Å²) in [6.45, 7) is 12.8. The monoisotopic (exact) mass is 488 g/mol. The molecule has 5 heterocycles. The molecule has 9 nitrogen and oxygen atoms in total. The second kappa shape index (κ2) is 9.44. The summed E-state index contributed by atoms with van der Waals surface area (Å²) in [5.41, 5.74) is 3.70. The van der Waals surface area contributed by atoms with E-state index in [1.807, 2.05) is 25.1 Å². The van der Waals surface area contributed by atoms with Crippen molar-refractivity contribution in [3.63, 3.8) is 0 Å². The fourth-order valence-electron chi connectivity index (χ4n) is 5.69. The van der Waals surface area contributed by atoms with Crippen LogP contribution in [0.15, 0.2) is 24.3 Å². The normalized spacial score (nSPS) is 18.2. The number of hydrogen-bond acceptors (Lipinski definition) is 7. The topological polar surface area (TPSA) is 77.1 Å². The molecule has 1 aromatic carbocycles. The Kier molecular flexibility index (Phi) is 6.13. The van der Waals surface area contributed by atoms with E-state index in [1.165, 1.54) is 12.8 Å². The number of aryl methyl sites for hydroxylation is 2. The Bertz CT molecular complexity index is 1380. The number of rotatable bonds is 5. The Balaban J connectivity index is 1.42. The first kappa shape index (κ1) is 23.4. The maximum absolute atomic E-state index is 5.63. The number of likely N-dealkylation sites (tertiary alicyclic amines) is 1. The van der Waals surface area contributed by atoms with Gasteiger partial charge < -0.3 is 14.2 Å². The van der Waals surface area contributed by atoms with Crippen molar-refractivity contribution >= 4 is 28.0 Å². The van der Waals surface area contributed by atoms with E-state index in [0.717, 1.165) is 84.2 Å². The highest BCUT2D eigenvalue weighted by Gasteiger charge is 2.26. The van der Waals surface area contributed by atoms with Crippen molar-refractivity contribution in [3.8, 4) is 5.95 Å². The maximum Gasteiger partial charge on any atom is 0.239 e. The van der Waals surface area contributed by atoms with Crippen molar-refractivity contribution in [1.82, 2.24) is 34.0 Å². The first-order chi connectivity index (χ1) is 17.5. The van der Waals surface area contributed by atoms with Crippen molar-refractivity contribution in [2.45, 2.75) is 40.2 Å². The molecular weight excluding hydrogens is 452 g/mol. The summed E-state index contributed by atoms with van der Waals surface area (Å²) in [6.07, 6.45) is 2.52. The predicted octanol–water partition coefficient (Wildman–Crippen LogP) is 3.72. The van der Waals surface area contributed by atoms with Gasteiger partial charge in [0.15, 0.2) is 17.0 Å². The van der Waals surface area contributed by atoms with Crippen LogP contribution in [0.25, 0.3) is 28.1 Å². The van der Waals surface area contributed by atoms with Gasteiger partial charge >= 0.3 is 0 Å². The number of hydrogen-bond donors (Lipinski definition) is 0. The molecule has 0 amide bonds. The second-order valence-electron chi connectivity index (χ2n) is 10.5. The zero-order chi connectivity index (χ0) is 24.8. The number of imidazole rings is 2. The molecule has 190 valence electrons. The minimum Gasteiger partial charge on any atom is -0.378 e. The molecule has 2 saturated heterocycles. The highest BCUT2D eigenvalue weighted by molar-refractivity contribution is 5.86. The molecule has 0 N–H and O–H groups in total. The molecule has 0 unspecified atom stereocenters. The van der Waals surface area contributed by atoms with Crippen molar-refractivity contribution in [1.29, 1.82) is 0 Å². The van der Waals surface area contributed by atoms with E-state index in [-0.39, 0.29) is 0 Å². The predicted molar refractivity (Wildman–Crippen MR) is 142 cm³/mol. The molecule has 2 aliphatic rings. The summed E-state index contributed by atoms with van der Waals surface area (Å²) in [5.74, 6) is 5.03. The number of para-hydroxylation sites is 2. The van der Waals surface area contributed by atoms with Crippen LogP contribution in [0.3, 0.4) is 0 Å². The summed E-state index contributed by atoms with van der Waals surface area (Å²) in [4.78, 5) is 24.9. The highest BCUT2D eigenvalue weighted by Crippen LogP contribution is 2.30. The zero-order valence-corrected chi connectivity index (χ0v) is 21.8. The molecular formula is C27H36N8O. The Hall–Kier alpha value is -3.04. The largest absolute Gasteiger partial charge is 0.378 e. The quantitative estimate of drug-likeness (QED) is 0.424. The number of morpholine rings is 1. The first-order valence-corrected chi connectivity index (χ1v) is 13.2. The summed E-state index contributed by atoms with van der Waals surface area (Å²) in [5, 5.41) is 0. The lowest BCUT2D eigenvalue weighted by Gasteiger charge is -2.33. The van der Waals surface area contributed by atoms with Crippen LogP contribution in [0.4, 0.5) is 5.82 Å². The van der Waals surface area contributed by atoms with Crippen molar-refractivity contribution in [2.75, 3.05) is 44.3 Å². The molecule has 6 rings (SSSR count). The molecule has 2 aliphatic heterocycles. The van der Waals surface area contributed by atoms with Crippen LogP contribution in [-0.4, -0.2) is 73.4 Å². The number of fused-ring (bicyclic) bond motifs is 2. The smallest absolute Gasteiger partial charge is 0.239 e.